The van der Waals surface area contributed by atoms with Gasteiger partial charge < -0.3 is 9.73 Å². The van der Waals surface area contributed by atoms with E-state index in [4.69, 9.17) is 28.2 Å². The average Bonchev–Trinajstić information content (AvgIpc) is 3.11. The Hall–Kier alpha value is -3.29. The van der Waals surface area contributed by atoms with Gasteiger partial charge in [-0.05, 0) is 60.7 Å². The van der Waals surface area contributed by atoms with Crippen LogP contribution < -0.4 is 10.6 Å². The Morgan fingerprint density at radius 1 is 1.07 bits per heavy atom. The number of halogens is 2. The minimum Gasteiger partial charge on any atom is -0.436 e. The summed E-state index contributed by atoms with van der Waals surface area (Å²) in [6.07, 6.45) is 0. The zero-order valence-electron chi connectivity index (χ0n) is 14.8. The van der Waals surface area contributed by atoms with Crippen molar-refractivity contribution in [1.29, 1.82) is 0 Å². The Morgan fingerprint density at radius 3 is 2.69 bits per heavy atom. The number of nitrogens with zero attached hydrogens (tertiary/aromatic N) is 1. The number of hydrogen-bond acceptors (Lipinski definition) is 4. The highest BCUT2D eigenvalue weighted by atomic mass is 35.5. The van der Waals surface area contributed by atoms with E-state index in [9.17, 15) is 9.18 Å². The van der Waals surface area contributed by atoms with Crippen LogP contribution in [0, 0.1) is 5.82 Å². The lowest BCUT2D eigenvalue weighted by atomic mass is 10.2. The number of anilines is 1. The minimum absolute atomic E-state index is 0.114. The standard InChI is InChI=1S/C21H13ClFN3O2S/c22-16-7-2-1-6-15(16)19(27)26-21(29)24-14-8-9-18-17(11-14)25-20(28-18)12-4-3-5-13(23)10-12/h1-11H,(H2,24,26,27,29). The van der Waals surface area contributed by atoms with Gasteiger partial charge in [0.1, 0.15) is 11.3 Å². The van der Waals surface area contributed by atoms with Crippen LogP contribution in [0.1, 0.15) is 10.4 Å². The second-order valence-electron chi connectivity index (χ2n) is 6.10. The van der Waals surface area contributed by atoms with E-state index in [1.54, 1.807) is 54.6 Å². The maximum absolute atomic E-state index is 13.4. The number of hydrogen-bond donors (Lipinski definition) is 2. The third kappa shape index (κ3) is 4.26. The van der Waals surface area contributed by atoms with Crippen molar-refractivity contribution in [1.82, 2.24) is 10.3 Å². The zero-order valence-corrected chi connectivity index (χ0v) is 16.4. The molecule has 8 heteroatoms. The SMILES string of the molecule is O=C(NC(=S)Nc1ccc2oc(-c3cccc(F)c3)nc2c1)c1ccccc1Cl. The van der Waals surface area contributed by atoms with Crippen LogP contribution >= 0.6 is 23.8 Å². The molecular weight excluding hydrogens is 413 g/mol. The predicted molar refractivity (Wildman–Crippen MR) is 115 cm³/mol. The molecule has 2 N–H and O–H groups in total. The van der Waals surface area contributed by atoms with Crippen molar-refractivity contribution in [2.24, 2.45) is 0 Å². The highest BCUT2D eigenvalue weighted by Gasteiger charge is 2.13. The number of amides is 1. The number of rotatable bonds is 3. The Labute approximate surface area is 175 Å². The molecule has 0 fully saturated rings. The van der Waals surface area contributed by atoms with Crippen molar-refractivity contribution in [3.8, 4) is 11.5 Å². The van der Waals surface area contributed by atoms with Gasteiger partial charge in [-0.15, -0.1) is 0 Å². The molecule has 1 heterocycles. The van der Waals surface area contributed by atoms with Crippen molar-refractivity contribution >= 4 is 51.6 Å². The molecule has 0 atom stereocenters. The molecule has 4 aromatic rings. The highest BCUT2D eigenvalue weighted by molar-refractivity contribution is 7.80. The predicted octanol–water partition coefficient (Wildman–Crippen LogP) is 5.41. The summed E-state index contributed by atoms with van der Waals surface area (Å²) >= 11 is 11.2. The van der Waals surface area contributed by atoms with E-state index in [2.05, 4.69) is 15.6 Å². The van der Waals surface area contributed by atoms with Crippen LogP contribution in [0.3, 0.4) is 0 Å². The molecule has 5 nitrogen and oxygen atoms in total. The second-order valence-corrected chi connectivity index (χ2v) is 6.92. The molecule has 0 aliphatic rings. The molecule has 0 radical (unpaired) electrons. The van der Waals surface area contributed by atoms with E-state index in [1.807, 2.05) is 0 Å². The maximum Gasteiger partial charge on any atom is 0.258 e. The summed E-state index contributed by atoms with van der Waals surface area (Å²) in [5.74, 6) is -0.470. The van der Waals surface area contributed by atoms with Gasteiger partial charge in [0.15, 0.2) is 10.7 Å². The normalized spacial score (nSPS) is 10.7. The lowest BCUT2D eigenvalue weighted by molar-refractivity contribution is 0.0978. The van der Waals surface area contributed by atoms with E-state index in [-0.39, 0.29) is 10.9 Å². The summed E-state index contributed by atoms with van der Waals surface area (Å²) in [6.45, 7) is 0. The van der Waals surface area contributed by atoms with Crippen LogP contribution in [0.25, 0.3) is 22.6 Å². The summed E-state index contributed by atoms with van der Waals surface area (Å²) < 4.78 is 19.1. The minimum atomic E-state index is -0.413. The van der Waals surface area contributed by atoms with Crippen LogP contribution in [-0.2, 0) is 0 Å². The Kier molecular flexibility index (Phi) is 5.24. The van der Waals surface area contributed by atoms with Gasteiger partial charge in [0.2, 0.25) is 5.89 Å². The number of benzene rings is 3. The molecule has 0 saturated heterocycles. The van der Waals surface area contributed by atoms with Crippen molar-refractivity contribution in [3.05, 3.63) is 83.1 Å². The van der Waals surface area contributed by atoms with Crippen LogP contribution in [-0.4, -0.2) is 16.0 Å². The van der Waals surface area contributed by atoms with E-state index >= 15 is 0 Å². The number of carbonyl (C=O) groups is 1. The summed E-state index contributed by atoms with van der Waals surface area (Å²) in [7, 11) is 0. The van der Waals surface area contributed by atoms with Gasteiger partial charge in [0, 0.05) is 11.3 Å². The number of thiocarbonyl (C=S) groups is 1. The summed E-state index contributed by atoms with van der Waals surface area (Å²) in [6, 6.07) is 17.9. The Morgan fingerprint density at radius 2 is 1.90 bits per heavy atom. The second kappa shape index (κ2) is 7.98. The third-order valence-electron chi connectivity index (χ3n) is 4.06. The molecule has 0 unspecified atom stereocenters. The smallest absolute Gasteiger partial charge is 0.258 e. The maximum atomic E-state index is 13.4. The molecule has 0 saturated carbocycles. The molecule has 1 aromatic heterocycles. The van der Waals surface area contributed by atoms with Crippen LogP contribution in [0.15, 0.2) is 71.1 Å². The number of nitrogens with one attached hydrogen (secondary N) is 2. The van der Waals surface area contributed by atoms with Crippen molar-refractivity contribution in [2.45, 2.75) is 0 Å². The largest absolute Gasteiger partial charge is 0.436 e. The van der Waals surface area contributed by atoms with Crippen LogP contribution in [0.2, 0.25) is 5.02 Å². The first kappa shape index (κ1) is 19.0. The molecule has 0 aliphatic carbocycles. The van der Waals surface area contributed by atoms with Gasteiger partial charge in [0.05, 0.1) is 10.6 Å². The van der Waals surface area contributed by atoms with E-state index in [0.29, 0.717) is 38.8 Å². The quantitative estimate of drug-likeness (QED) is 0.429. The highest BCUT2D eigenvalue weighted by Crippen LogP contribution is 2.26. The number of carbonyl (C=O) groups excluding carboxylic acids is 1. The van der Waals surface area contributed by atoms with Crippen molar-refractivity contribution in [2.75, 3.05) is 5.32 Å². The van der Waals surface area contributed by atoms with Crippen LogP contribution in [0.5, 0.6) is 0 Å². The first-order chi connectivity index (χ1) is 14.0. The molecule has 4 rings (SSSR count). The Bertz CT molecular complexity index is 1240. The molecule has 0 aliphatic heterocycles. The van der Waals surface area contributed by atoms with E-state index < -0.39 is 5.91 Å². The molecule has 3 aromatic carbocycles. The fraction of sp³-hybridized carbons (Fsp3) is 0. The molecule has 144 valence electrons. The zero-order chi connectivity index (χ0) is 20.4. The number of fused-ring (bicyclic) bond motifs is 1. The van der Waals surface area contributed by atoms with Crippen molar-refractivity contribution < 1.29 is 13.6 Å². The topological polar surface area (TPSA) is 67.2 Å². The van der Waals surface area contributed by atoms with Gasteiger partial charge in [0.25, 0.3) is 5.91 Å². The fourth-order valence-corrected chi connectivity index (χ4v) is 3.16. The van der Waals surface area contributed by atoms with E-state index in [1.165, 1.54) is 12.1 Å². The molecule has 0 bridgehead atoms. The molecule has 29 heavy (non-hydrogen) atoms. The summed E-state index contributed by atoms with van der Waals surface area (Å²) in [5, 5.41) is 5.96. The number of oxazole rings is 1. The van der Waals surface area contributed by atoms with Gasteiger partial charge in [-0.3, -0.25) is 10.1 Å². The summed E-state index contributed by atoms with van der Waals surface area (Å²) in [5.41, 5.74) is 2.58. The lowest BCUT2D eigenvalue weighted by Crippen LogP contribution is -2.34. The van der Waals surface area contributed by atoms with Crippen molar-refractivity contribution in [3.63, 3.8) is 0 Å². The first-order valence-electron chi connectivity index (χ1n) is 8.53. The number of aromatic nitrogens is 1. The molecule has 0 spiro atoms. The van der Waals surface area contributed by atoms with Gasteiger partial charge in [-0.1, -0.05) is 29.8 Å². The van der Waals surface area contributed by atoms with Gasteiger partial charge in [-0.25, -0.2) is 9.37 Å². The van der Waals surface area contributed by atoms with Gasteiger partial charge in [-0.2, -0.15) is 0 Å². The fourth-order valence-electron chi connectivity index (χ4n) is 2.73. The monoisotopic (exact) mass is 425 g/mol. The third-order valence-corrected chi connectivity index (χ3v) is 4.60. The van der Waals surface area contributed by atoms with E-state index in [0.717, 1.165) is 0 Å². The lowest BCUT2D eigenvalue weighted by Gasteiger charge is -2.10. The Balaban J connectivity index is 1.50. The molecule has 1 amide bonds. The van der Waals surface area contributed by atoms with Gasteiger partial charge >= 0.3 is 0 Å². The first-order valence-corrected chi connectivity index (χ1v) is 9.31. The molecular formula is C21H13ClFN3O2S. The van der Waals surface area contributed by atoms with Crippen LogP contribution in [0.4, 0.5) is 10.1 Å². The average molecular weight is 426 g/mol. The summed E-state index contributed by atoms with van der Waals surface area (Å²) in [4.78, 5) is 16.7.